The Kier molecular flexibility index (Phi) is 4.97. The molecule has 0 fully saturated rings. The smallest absolute Gasteiger partial charge is 0.253 e. The van der Waals surface area contributed by atoms with E-state index >= 15 is 0 Å². The second-order valence-electron chi connectivity index (χ2n) is 5.25. The average molecular weight is 406 g/mol. The lowest BCUT2D eigenvalue weighted by Crippen LogP contribution is -2.26. The quantitative estimate of drug-likeness (QED) is 0.708. The second-order valence-corrected chi connectivity index (χ2v) is 6.57. The number of benzene rings is 2. The summed E-state index contributed by atoms with van der Waals surface area (Å²) in [5.74, 6) is -0.214. The first-order valence-corrected chi connectivity index (χ1v) is 8.42. The molecular formula is C17H14BrClN4O. The Morgan fingerprint density at radius 2 is 2.00 bits per heavy atom. The molecule has 0 bridgehead atoms. The molecule has 0 spiro atoms. The molecule has 1 unspecified atom stereocenters. The highest BCUT2D eigenvalue weighted by molar-refractivity contribution is 9.10. The molecule has 3 rings (SSSR count). The van der Waals surface area contributed by atoms with Gasteiger partial charge in [0, 0.05) is 4.47 Å². The molecule has 1 aromatic heterocycles. The van der Waals surface area contributed by atoms with Gasteiger partial charge in [-0.25, -0.2) is 9.67 Å². The number of rotatable bonds is 4. The van der Waals surface area contributed by atoms with E-state index in [0.717, 1.165) is 15.7 Å². The summed E-state index contributed by atoms with van der Waals surface area (Å²) < 4.78 is 2.48. The van der Waals surface area contributed by atoms with Gasteiger partial charge >= 0.3 is 0 Å². The fraction of sp³-hybridized carbons (Fsp3) is 0.118. The summed E-state index contributed by atoms with van der Waals surface area (Å²) >= 11 is 9.45. The molecule has 0 aliphatic carbocycles. The first-order chi connectivity index (χ1) is 11.5. The maximum absolute atomic E-state index is 12.4. The molecule has 1 amide bonds. The van der Waals surface area contributed by atoms with Gasteiger partial charge in [0.15, 0.2) is 0 Å². The minimum atomic E-state index is -0.214. The third kappa shape index (κ3) is 3.66. The van der Waals surface area contributed by atoms with Gasteiger partial charge in [-0.15, -0.1) is 0 Å². The van der Waals surface area contributed by atoms with Gasteiger partial charge in [0.1, 0.15) is 12.7 Å². The van der Waals surface area contributed by atoms with Crippen LogP contribution in [0.3, 0.4) is 0 Å². The van der Waals surface area contributed by atoms with E-state index in [9.17, 15) is 4.79 Å². The van der Waals surface area contributed by atoms with Gasteiger partial charge < -0.3 is 5.32 Å². The molecule has 1 N–H and O–H groups in total. The van der Waals surface area contributed by atoms with Crippen molar-refractivity contribution in [2.75, 3.05) is 0 Å². The fourth-order valence-electron chi connectivity index (χ4n) is 2.29. The maximum atomic E-state index is 12.4. The summed E-state index contributed by atoms with van der Waals surface area (Å²) in [6.45, 7) is 1.92. The van der Waals surface area contributed by atoms with E-state index in [2.05, 4.69) is 31.3 Å². The molecule has 5 nitrogen and oxygen atoms in total. The van der Waals surface area contributed by atoms with Gasteiger partial charge in [-0.2, -0.15) is 5.10 Å². The Bertz CT molecular complexity index is 850. The van der Waals surface area contributed by atoms with Crippen LogP contribution in [-0.4, -0.2) is 20.7 Å². The molecule has 1 atom stereocenters. The molecule has 7 heteroatoms. The van der Waals surface area contributed by atoms with E-state index in [0.29, 0.717) is 10.6 Å². The summed E-state index contributed by atoms with van der Waals surface area (Å²) in [5, 5.41) is 7.46. The third-order valence-corrected chi connectivity index (χ3v) is 4.42. The van der Waals surface area contributed by atoms with Crippen molar-refractivity contribution in [1.29, 1.82) is 0 Å². The standard InChI is InChI=1S/C17H14BrClN4O/c1-11(22-17(24)15-8-13(18)4-7-16(15)19)12-2-5-14(6-3-12)23-10-20-9-21-23/h2-11H,1H3,(H,22,24). The van der Waals surface area contributed by atoms with Gasteiger partial charge in [0.25, 0.3) is 5.91 Å². The number of nitrogens with one attached hydrogen (secondary N) is 1. The number of halogens is 2. The maximum Gasteiger partial charge on any atom is 0.253 e. The van der Waals surface area contributed by atoms with Crippen molar-refractivity contribution in [3.63, 3.8) is 0 Å². The third-order valence-electron chi connectivity index (χ3n) is 3.60. The molecule has 0 saturated heterocycles. The van der Waals surface area contributed by atoms with Crippen molar-refractivity contribution in [3.05, 3.63) is 75.7 Å². The zero-order chi connectivity index (χ0) is 17.1. The van der Waals surface area contributed by atoms with Crippen LogP contribution in [0.5, 0.6) is 0 Å². The number of hydrogen-bond acceptors (Lipinski definition) is 3. The van der Waals surface area contributed by atoms with Crippen molar-refractivity contribution in [2.24, 2.45) is 0 Å². The van der Waals surface area contributed by atoms with E-state index in [1.807, 2.05) is 31.2 Å². The zero-order valence-corrected chi connectivity index (χ0v) is 15.1. The topological polar surface area (TPSA) is 59.8 Å². The van der Waals surface area contributed by atoms with Crippen molar-refractivity contribution < 1.29 is 4.79 Å². The van der Waals surface area contributed by atoms with Crippen LogP contribution >= 0.6 is 27.5 Å². The summed E-state index contributed by atoms with van der Waals surface area (Å²) in [5.41, 5.74) is 2.33. The van der Waals surface area contributed by atoms with Gasteiger partial charge in [-0.1, -0.05) is 39.7 Å². The van der Waals surface area contributed by atoms with E-state index in [-0.39, 0.29) is 11.9 Å². The number of hydrogen-bond donors (Lipinski definition) is 1. The molecule has 1 heterocycles. The lowest BCUT2D eigenvalue weighted by Gasteiger charge is -2.15. The van der Waals surface area contributed by atoms with E-state index < -0.39 is 0 Å². The van der Waals surface area contributed by atoms with Gasteiger partial charge in [-0.05, 0) is 42.8 Å². The molecule has 122 valence electrons. The van der Waals surface area contributed by atoms with Crippen molar-refractivity contribution in [2.45, 2.75) is 13.0 Å². The van der Waals surface area contributed by atoms with Crippen LogP contribution in [0.1, 0.15) is 28.9 Å². The molecule has 0 aliphatic heterocycles. The van der Waals surface area contributed by atoms with Crippen molar-refractivity contribution in [1.82, 2.24) is 20.1 Å². The molecule has 0 aliphatic rings. The number of nitrogens with zero attached hydrogens (tertiary/aromatic N) is 3. The minimum Gasteiger partial charge on any atom is -0.345 e. The SMILES string of the molecule is CC(NC(=O)c1cc(Br)ccc1Cl)c1ccc(-n2cncn2)cc1. The predicted molar refractivity (Wildman–Crippen MR) is 96.4 cm³/mol. The summed E-state index contributed by atoms with van der Waals surface area (Å²) in [6, 6.07) is 12.8. The van der Waals surface area contributed by atoms with Crippen LogP contribution in [0.15, 0.2) is 59.6 Å². The number of carbonyl (C=O) groups excluding carboxylic acids is 1. The van der Waals surface area contributed by atoms with Crippen LogP contribution in [-0.2, 0) is 0 Å². The summed E-state index contributed by atoms with van der Waals surface area (Å²) in [6.07, 6.45) is 3.12. The monoisotopic (exact) mass is 404 g/mol. The van der Waals surface area contributed by atoms with E-state index in [4.69, 9.17) is 11.6 Å². The Morgan fingerprint density at radius 1 is 1.25 bits per heavy atom. The number of amides is 1. The van der Waals surface area contributed by atoms with Crippen molar-refractivity contribution in [3.8, 4) is 5.69 Å². The van der Waals surface area contributed by atoms with E-state index in [1.165, 1.54) is 6.33 Å². The average Bonchev–Trinajstić information content (AvgIpc) is 3.11. The second kappa shape index (κ2) is 7.15. The lowest BCUT2D eigenvalue weighted by atomic mass is 10.1. The first-order valence-electron chi connectivity index (χ1n) is 7.25. The lowest BCUT2D eigenvalue weighted by molar-refractivity contribution is 0.0940. The van der Waals surface area contributed by atoms with Gasteiger partial charge in [-0.3, -0.25) is 4.79 Å². The first kappa shape index (κ1) is 16.7. The Balaban J connectivity index is 1.73. The largest absolute Gasteiger partial charge is 0.345 e. The summed E-state index contributed by atoms with van der Waals surface area (Å²) in [7, 11) is 0. The van der Waals surface area contributed by atoms with Gasteiger partial charge in [0.2, 0.25) is 0 Å². The highest BCUT2D eigenvalue weighted by atomic mass is 79.9. The molecule has 3 aromatic rings. The number of aromatic nitrogens is 3. The molecule has 2 aromatic carbocycles. The summed E-state index contributed by atoms with van der Waals surface area (Å²) in [4.78, 5) is 16.3. The highest BCUT2D eigenvalue weighted by Gasteiger charge is 2.14. The van der Waals surface area contributed by atoms with Crippen LogP contribution in [0.25, 0.3) is 5.69 Å². The number of carbonyl (C=O) groups is 1. The Labute approximate surface area is 152 Å². The predicted octanol–water partition coefficient (Wildman–Crippen LogP) is 4.17. The normalized spacial score (nSPS) is 12.0. The van der Waals surface area contributed by atoms with Crippen LogP contribution in [0.2, 0.25) is 5.02 Å². The van der Waals surface area contributed by atoms with E-state index in [1.54, 1.807) is 29.2 Å². The molecule has 24 heavy (non-hydrogen) atoms. The Hall–Kier alpha value is -2.18. The van der Waals surface area contributed by atoms with Gasteiger partial charge in [0.05, 0.1) is 22.3 Å². The van der Waals surface area contributed by atoms with Crippen LogP contribution in [0.4, 0.5) is 0 Å². The molecule has 0 saturated carbocycles. The van der Waals surface area contributed by atoms with Crippen molar-refractivity contribution >= 4 is 33.4 Å². The molecule has 0 radical (unpaired) electrons. The highest BCUT2D eigenvalue weighted by Crippen LogP contribution is 2.22. The molecular weight excluding hydrogens is 392 g/mol. The Morgan fingerprint density at radius 3 is 2.67 bits per heavy atom. The minimum absolute atomic E-state index is 0.155. The van der Waals surface area contributed by atoms with Crippen LogP contribution < -0.4 is 5.32 Å². The zero-order valence-electron chi connectivity index (χ0n) is 12.8. The fourth-order valence-corrected chi connectivity index (χ4v) is 2.85. The van der Waals surface area contributed by atoms with Crippen LogP contribution in [0, 0.1) is 0 Å².